The molecule has 4 heterocycles. The fourth-order valence-corrected chi connectivity index (χ4v) is 4.14. The van der Waals surface area contributed by atoms with Gasteiger partial charge in [-0.1, -0.05) is 0 Å². The van der Waals surface area contributed by atoms with Gasteiger partial charge in [-0.05, 0) is 42.5 Å². The van der Waals surface area contributed by atoms with Crippen molar-refractivity contribution < 1.29 is 23.1 Å². The summed E-state index contributed by atoms with van der Waals surface area (Å²) >= 11 is 1.44. The number of fused-ring (bicyclic) bond motifs is 1. The smallest absolute Gasteiger partial charge is 0.253 e. The number of benzene rings is 1. The van der Waals surface area contributed by atoms with Crippen LogP contribution < -0.4 is 9.47 Å². The number of carbonyl (C=O) groups excluding carboxylic acids is 1. The van der Waals surface area contributed by atoms with Crippen LogP contribution in [0.1, 0.15) is 24.0 Å². The van der Waals surface area contributed by atoms with E-state index in [1.54, 1.807) is 12.5 Å². The molecule has 0 unspecified atom stereocenters. The lowest BCUT2D eigenvalue weighted by atomic mass is 10.1. The zero-order valence-electron chi connectivity index (χ0n) is 15.4. The SMILES string of the molecule is O=C(CSc1ccc2c(c1)OCCO2)N1N=C(c2ccco2)C[C@H]1c1ccco1. The van der Waals surface area contributed by atoms with Gasteiger partial charge >= 0.3 is 0 Å². The van der Waals surface area contributed by atoms with Gasteiger partial charge in [0.1, 0.15) is 36.5 Å². The maximum absolute atomic E-state index is 13.0. The number of amides is 1. The quantitative estimate of drug-likeness (QED) is 0.589. The third-order valence-electron chi connectivity index (χ3n) is 4.72. The zero-order chi connectivity index (χ0) is 19.6. The van der Waals surface area contributed by atoms with Gasteiger partial charge in [0.2, 0.25) is 0 Å². The molecule has 0 bridgehead atoms. The van der Waals surface area contributed by atoms with Gasteiger partial charge in [-0.15, -0.1) is 11.8 Å². The summed E-state index contributed by atoms with van der Waals surface area (Å²) in [7, 11) is 0. The highest BCUT2D eigenvalue weighted by atomic mass is 32.2. The van der Waals surface area contributed by atoms with E-state index in [2.05, 4.69) is 5.10 Å². The van der Waals surface area contributed by atoms with Gasteiger partial charge in [0.25, 0.3) is 5.91 Å². The summed E-state index contributed by atoms with van der Waals surface area (Å²) in [4.78, 5) is 13.9. The van der Waals surface area contributed by atoms with Crippen molar-refractivity contribution in [3.05, 3.63) is 66.5 Å². The normalized spacial score (nSPS) is 18.0. The predicted octanol–water partition coefficient (Wildman–Crippen LogP) is 4.11. The number of furan rings is 2. The molecule has 2 aliphatic rings. The summed E-state index contributed by atoms with van der Waals surface area (Å²) in [6.07, 6.45) is 3.75. The van der Waals surface area contributed by atoms with E-state index < -0.39 is 0 Å². The first-order valence-electron chi connectivity index (χ1n) is 9.27. The van der Waals surface area contributed by atoms with Crippen molar-refractivity contribution in [2.45, 2.75) is 17.4 Å². The topological polar surface area (TPSA) is 77.4 Å². The number of nitrogens with zero attached hydrogens (tertiary/aromatic N) is 2. The molecule has 29 heavy (non-hydrogen) atoms. The van der Waals surface area contributed by atoms with Crippen LogP contribution in [-0.2, 0) is 4.79 Å². The van der Waals surface area contributed by atoms with Crippen molar-refractivity contribution in [2.24, 2.45) is 5.10 Å². The number of carbonyl (C=O) groups is 1. The minimum atomic E-state index is -0.279. The van der Waals surface area contributed by atoms with Crippen LogP contribution in [-0.4, -0.2) is 35.6 Å². The van der Waals surface area contributed by atoms with Crippen LogP contribution in [0.15, 0.2) is 73.8 Å². The van der Waals surface area contributed by atoms with Gasteiger partial charge in [0.15, 0.2) is 11.5 Å². The molecule has 8 heteroatoms. The minimum Gasteiger partial charge on any atom is -0.486 e. The lowest BCUT2D eigenvalue weighted by Gasteiger charge is -2.20. The van der Waals surface area contributed by atoms with Crippen molar-refractivity contribution in [1.29, 1.82) is 0 Å². The summed E-state index contributed by atoms with van der Waals surface area (Å²) in [6.45, 7) is 1.08. The lowest BCUT2D eigenvalue weighted by Crippen LogP contribution is -2.28. The molecule has 0 saturated carbocycles. The Kier molecular flexibility index (Phi) is 4.77. The number of thioether (sulfide) groups is 1. The predicted molar refractivity (Wildman–Crippen MR) is 106 cm³/mol. The van der Waals surface area contributed by atoms with Crippen LogP contribution in [0.4, 0.5) is 0 Å². The molecule has 1 atom stereocenters. The van der Waals surface area contributed by atoms with Gasteiger partial charge in [0, 0.05) is 11.3 Å². The highest BCUT2D eigenvalue weighted by Gasteiger charge is 2.35. The first-order valence-corrected chi connectivity index (χ1v) is 10.3. The molecule has 0 fully saturated rings. The summed E-state index contributed by atoms with van der Waals surface area (Å²) < 4.78 is 22.2. The molecule has 7 nitrogen and oxygen atoms in total. The standard InChI is InChI=1S/C21H18N2O5S/c24-21(13-29-14-5-6-19-20(11-14)28-10-9-27-19)23-16(18-4-2-8-26-18)12-15(22-23)17-3-1-7-25-17/h1-8,11,16H,9-10,12-13H2/t16-/m0/s1. The monoisotopic (exact) mass is 410 g/mol. The molecule has 1 aromatic carbocycles. The van der Waals surface area contributed by atoms with Gasteiger partial charge in [0.05, 0.1) is 18.3 Å². The molecule has 0 saturated heterocycles. The van der Waals surface area contributed by atoms with Crippen LogP contribution >= 0.6 is 11.8 Å². The fourth-order valence-electron chi connectivity index (χ4n) is 3.36. The highest BCUT2D eigenvalue weighted by Crippen LogP contribution is 2.36. The third-order valence-corrected chi connectivity index (χ3v) is 5.70. The summed E-state index contributed by atoms with van der Waals surface area (Å²) in [5, 5.41) is 6.04. The molecule has 5 rings (SSSR count). The number of ether oxygens (including phenoxy) is 2. The number of rotatable bonds is 5. The maximum Gasteiger partial charge on any atom is 0.253 e. The largest absolute Gasteiger partial charge is 0.486 e. The molecule has 148 valence electrons. The van der Waals surface area contributed by atoms with E-state index in [4.69, 9.17) is 18.3 Å². The number of hydrogen-bond donors (Lipinski definition) is 0. The van der Waals surface area contributed by atoms with Crippen LogP contribution in [0.5, 0.6) is 11.5 Å². The summed E-state index contributed by atoms with van der Waals surface area (Å²) in [5.74, 6) is 2.95. The van der Waals surface area contributed by atoms with Crippen molar-refractivity contribution in [3.63, 3.8) is 0 Å². The fraction of sp³-hybridized carbons (Fsp3) is 0.238. The molecule has 1 amide bonds. The Balaban J connectivity index is 1.32. The average Bonchev–Trinajstić information content (AvgIpc) is 3.52. The first kappa shape index (κ1) is 17.9. The van der Waals surface area contributed by atoms with Crippen molar-refractivity contribution in [1.82, 2.24) is 5.01 Å². The molecular formula is C21H18N2O5S. The Bertz CT molecular complexity index is 1030. The van der Waals surface area contributed by atoms with E-state index in [1.165, 1.54) is 16.8 Å². The van der Waals surface area contributed by atoms with E-state index in [0.29, 0.717) is 36.9 Å². The Hall–Kier alpha value is -3.13. The Labute approximate surface area is 171 Å². The van der Waals surface area contributed by atoms with E-state index in [9.17, 15) is 4.79 Å². The van der Waals surface area contributed by atoms with Gasteiger partial charge in [-0.25, -0.2) is 5.01 Å². The molecule has 0 radical (unpaired) electrons. The molecule has 2 aromatic heterocycles. The van der Waals surface area contributed by atoms with E-state index in [0.717, 1.165) is 16.4 Å². The third kappa shape index (κ3) is 3.63. The minimum absolute atomic E-state index is 0.104. The lowest BCUT2D eigenvalue weighted by molar-refractivity contribution is -0.130. The van der Waals surface area contributed by atoms with Crippen molar-refractivity contribution in [3.8, 4) is 11.5 Å². The van der Waals surface area contributed by atoms with Crippen LogP contribution in [0.25, 0.3) is 0 Å². The van der Waals surface area contributed by atoms with Gasteiger partial charge in [-0.3, -0.25) is 4.79 Å². The molecule has 0 aliphatic carbocycles. The second-order valence-electron chi connectivity index (χ2n) is 6.59. The van der Waals surface area contributed by atoms with Crippen LogP contribution in [0.3, 0.4) is 0 Å². The second-order valence-corrected chi connectivity index (χ2v) is 7.64. The average molecular weight is 410 g/mol. The molecule has 3 aromatic rings. The summed E-state index contributed by atoms with van der Waals surface area (Å²) in [6, 6.07) is 12.7. The first-order chi connectivity index (χ1) is 14.3. The maximum atomic E-state index is 13.0. The Morgan fingerprint density at radius 3 is 2.69 bits per heavy atom. The zero-order valence-corrected chi connectivity index (χ0v) is 16.3. The van der Waals surface area contributed by atoms with Crippen LogP contribution in [0.2, 0.25) is 0 Å². The van der Waals surface area contributed by atoms with Crippen LogP contribution in [0, 0.1) is 0 Å². The molecule has 2 aliphatic heterocycles. The second kappa shape index (κ2) is 7.71. The Morgan fingerprint density at radius 1 is 1.07 bits per heavy atom. The Morgan fingerprint density at radius 2 is 1.90 bits per heavy atom. The van der Waals surface area contributed by atoms with Crippen molar-refractivity contribution >= 4 is 23.4 Å². The van der Waals surface area contributed by atoms with Gasteiger partial charge < -0.3 is 18.3 Å². The van der Waals surface area contributed by atoms with E-state index in [-0.39, 0.29) is 17.7 Å². The molecular weight excluding hydrogens is 392 g/mol. The highest BCUT2D eigenvalue weighted by molar-refractivity contribution is 8.00. The van der Waals surface area contributed by atoms with E-state index in [1.807, 2.05) is 42.5 Å². The molecule has 0 spiro atoms. The number of hydrogen-bond acceptors (Lipinski definition) is 7. The van der Waals surface area contributed by atoms with Gasteiger partial charge in [-0.2, -0.15) is 5.10 Å². The molecule has 0 N–H and O–H groups in total. The van der Waals surface area contributed by atoms with Crippen molar-refractivity contribution in [2.75, 3.05) is 19.0 Å². The summed E-state index contributed by atoms with van der Waals surface area (Å²) in [5.41, 5.74) is 0.731. The number of hydrazone groups is 1. The van der Waals surface area contributed by atoms with E-state index >= 15 is 0 Å².